The molecule has 0 saturated carbocycles. The number of carbonyl (C=O) groups excluding carboxylic acids is 1. The van der Waals surface area contributed by atoms with Gasteiger partial charge in [-0.1, -0.05) is 35.9 Å². The SMILES string of the molecule is CN(CCOc1cccc(CNC(=O)c2ccn(-c3ccccc3Cl)n2)c1)C1CCOCC1. The van der Waals surface area contributed by atoms with E-state index in [9.17, 15) is 4.79 Å². The number of likely N-dealkylation sites (N-methyl/N-ethyl adjacent to an activating group) is 1. The van der Waals surface area contributed by atoms with E-state index < -0.39 is 0 Å². The fraction of sp³-hybridized carbons (Fsp3) is 0.360. The number of hydrogen-bond acceptors (Lipinski definition) is 5. The van der Waals surface area contributed by atoms with Crippen molar-refractivity contribution < 1.29 is 14.3 Å². The average molecular weight is 469 g/mol. The Balaban J connectivity index is 1.26. The lowest BCUT2D eigenvalue weighted by Gasteiger charge is -2.31. The van der Waals surface area contributed by atoms with Gasteiger partial charge in [0.2, 0.25) is 0 Å². The van der Waals surface area contributed by atoms with Crippen LogP contribution in [0.15, 0.2) is 60.8 Å². The standard InChI is InChI=1S/C25H29ClN4O3/c1-29(20-10-14-32-15-11-20)13-16-33-21-6-4-5-19(17-21)18-27-25(31)23-9-12-30(28-23)24-8-3-2-7-22(24)26/h2-9,12,17,20H,10-11,13-16,18H2,1H3,(H,27,31). The lowest BCUT2D eigenvalue weighted by molar-refractivity contribution is 0.0392. The summed E-state index contributed by atoms with van der Waals surface area (Å²) < 4.78 is 13.0. The molecule has 0 radical (unpaired) electrons. The number of hydrogen-bond donors (Lipinski definition) is 1. The largest absolute Gasteiger partial charge is 0.492 e. The minimum atomic E-state index is -0.245. The summed E-state index contributed by atoms with van der Waals surface area (Å²) in [5.41, 5.74) is 2.02. The maximum atomic E-state index is 12.6. The molecule has 174 valence electrons. The molecule has 8 heteroatoms. The first-order valence-electron chi connectivity index (χ1n) is 11.2. The van der Waals surface area contributed by atoms with Crippen LogP contribution in [0.1, 0.15) is 28.9 Å². The van der Waals surface area contributed by atoms with Crippen molar-refractivity contribution in [3.8, 4) is 11.4 Å². The molecule has 0 bridgehead atoms. The van der Waals surface area contributed by atoms with E-state index in [1.165, 1.54) is 0 Å². The number of aromatic nitrogens is 2. The monoisotopic (exact) mass is 468 g/mol. The molecular formula is C25H29ClN4O3. The third-order valence-electron chi connectivity index (χ3n) is 5.80. The van der Waals surface area contributed by atoms with Crippen LogP contribution in [-0.2, 0) is 11.3 Å². The number of nitrogens with zero attached hydrogens (tertiary/aromatic N) is 3. The molecule has 1 saturated heterocycles. The summed E-state index contributed by atoms with van der Waals surface area (Å²) in [7, 11) is 2.14. The van der Waals surface area contributed by atoms with Crippen molar-refractivity contribution >= 4 is 17.5 Å². The highest BCUT2D eigenvalue weighted by molar-refractivity contribution is 6.32. The zero-order chi connectivity index (χ0) is 23.0. The Kier molecular flexibility index (Phi) is 7.99. The predicted octanol–water partition coefficient (Wildman–Crippen LogP) is 3.95. The van der Waals surface area contributed by atoms with E-state index in [0.29, 0.717) is 29.9 Å². The van der Waals surface area contributed by atoms with E-state index in [1.54, 1.807) is 23.0 Å². The van der Waals surface area contributed by atoms with Gasteiger partial charge in [0.1, 0.15) is 12.4 Å². The normalized spacial score (nSPS) is 14.4. The lowest BCUT2D eigenvalue weighted by atomic mass is 10.1. The molecule has 7 nitrogen and oxygen atoms in total. The third-order valence-corrected chi connectivity index (χ3v) is 6.12. The fourth-order valence-corrected chi connectivity index (χ4v) is 4.07. The molecule has 0 aliphatic carbocycles. The molecule has 1 aliphatic heterocycles. The molecule has 2 heterocycles. The van der Waals surface area contributed by atoms with Gasteiger partial charge in [0.15, 0.2) is 5.69 Å². The number of halogens is 1. The summed E-state index contributed by atoms with van der Waals surface area (Å²) in [6.45, 7) is 3.54. The van der Waals surface area contributed by atoms with E-state index in [2.05, 4.69) is 22.4 Å². The number of ether oxygens (including phenoxy) is 2. The molecule has 0 spiro atoms. The van der Waals surface area contributed by atoms with Crippen LogP contribution in [0.25, 0.3) is 5.69 Å². The summed E-state index contributed by atoms with van der Waals surface area (Å²) in [5, 5.41) is 7.84. The van der Waals surface area contributed by atoms with Gasteiger partial charge in [-0.15, -0.1) is 0 Å². The van der Waals surface area contributed by atoms with Crippen LogP contribution in [-0.4, -0.2) is 60.0 Å². The number of carbonyl (C=O) groups is 1. The Bertz CT molecular complexity index is 1070. The van der Waals surface area contributed by atoms with Gasteiger partial charge in [-0.3, -0.25) is 9.69 Å². The summed E-state index contributed by atoms with van der Waals surface area (Å²) in [5.74, 6) is 0.551. The molecule has 1 aromatic heterocycles. The number of amides is 1. The van der Waals surface area contributed by atoms with E-state index in [1.807, 2.05) is 42.5 Å². The number of rotatable bonds is 9. The van der Waals surface area contributed by atoms with E-state index in [4.69, 9.17) is 21.1 Å². The quantitative estimate of drug-likeness (QED) is 0.515. The Hall–Kier alpha value is -2.87. The molecule has 33 heavy (non-hydrogen) atoms. The maximum absolute atomic E-state index is 12.6. The van der Waals surface area contributed by atoms with Crippen LogP contribution >= 0.6 is 11.6 Å². The van der Waals surface area contributed by atoms with Gasteiger partial charge in [0.05, 0.1) is 10.7 Å². The predicted molar refractivity (Wildman–Crippen MR) is 128 cm³/mol. The molecule has 1 aliphatic rings. The van der Waals surface area contributed by atoms with Crippen molar-refractivity contribution in [3.63, 3.8) is 0 Å². The second-order valence-electron chi connectivity index (χ2n) is 8.10. The first-order chi connectivity index (χ1) is 16.1. The first kappa shape index (κ1) is 23.3. The maximum Gasteiger partial charge on any atom is 0.272 e. The van der Waals surface area contributed by atoms with Gasteiger partial charge in [-0.05, 0) is 55.8 Å². The number of nitrogens with one attached hydrogen (secondary N) is 1. The molecule has 1 amide bonds. The van der Waals surface area contributed by atoms with Crippen LogP contribution in [0.2, 0.25) is 5.02 Å². The second kappa shape index (κ2) is 11.3. The average Bonchev–Trinajstić information content (AvgIpc) is 3.34. The Morgan fingerprint density at radius 1 is 1.21 bits per heavy atom. The highest BCUT2D eigenvalue weighted by Gasteiger charge is 2.18. The second-order valence-corrected chi connectivity index (χ2v) is 8.51. The molecule has 0 atom stereocenters. The first-order valence-corrected chi connectivity index (χ1v) is 11.6. The van der Waals surface area contributed by atoms with Crippen molar-refractivity contribution in [1.82, 2.24) is 20.0 Å². The molecule has 1 fully saturated rings. The van der Waals surface area contributed by atoms with Crippen molar-refractivity contribution in [2.75, 3.05) is 33.4 Å². The highest BCUT2D eigenvalue weighted by atomic mass is 35.5. The van der Waals surface area contributed by atoms with E-state index >= 15 is 0 Å². The zero-order valence-corrected chi connectivity index (χ0v) is 19.5. The topological polar surface area (TPSA) is 68.6 Å². The van der Waals surface area contributed by atoms with Crippen molar-refractivity contribution in [1.29, 1.82) is 0 Å². The van der Waals surface area contributed by atoms with Gasteiger partial charge in [0.25, 0.3) is 5.91 Å². The molecule has 1 N–H and O–H groups in total. The van der Waals surface area contributed by atoms with Crippen molar-refractivity contribution in [3.05, 3.63) is 77.1 Å². The Labute approximate surface area is 199 Å². The van der Waals surface area contributed by atoms with Gasteiger partial charge < -0.3 is 14.8 Å². The van der Waals surface area contributed by atoms with Gasteiger partial charge in [-0.25, -0.2) is 4.68 Å². The van der Waals surface area contributed by atoms with Gasteiger partial charge >= 0.3 is 0 Å². The van der Waals surface area contributed by atoms with Crippen LogP contribution in [0.5, 0.6) is 5.75 Å². The summed E-state index contributed by atoms with van der Waals surface area (Å²) >= 11 is 6.22. The van der Waals surface area contributed by atoms with Crippen LogP contribution in [0, 0.1) is 0 Å². The van der Waals surface area contributed by atoms with E-state index in [-0.39, 0.29) is 5.91 Å². The fourth-order valence-electron chi connectivity index (χ4n) is 3.85. The van der Waals surface area contributed by atoms with Crippen LogP contribution in [0.4, 0.5) is 0 Å². The molecule has 4 rings (SSSR count). The number of benzene rings is 2. The lowest BCUT2D eigenvalue weighted by Crippen LogP contribution is -2.38. The smallest absolute Gasteiger partial charge is 0.272 e. The summed E-state index contributed by atoms with van der Waals surface area (Å²) in [6, 6.07) is 17.4. The summed E-state index contributed by atoms with van der Waals surface area (Å²) in [6.07, 6.45) is 3.87. The number of para-hydroxylation sites is 1. The molecular weight excluding hydrogens is 440 g/mol. The summed E-state index contributed by atoms with van der Waals surface area (Å²) in [4.78, 5) is 14.9. The minimum absolute atomic E-state index is 0.245. The van der Waals surface area contributed by atoms with Crippen molar-refractivity contribution in [2.24, 2.45) is 0 Å². The van der Waals surface area contributed by atoms with Gasteiger partial charge in [0, 0.05) is 38.5 Å². The Morgan fingerprint density at radius 3 is 2.85 bits per heavy atom. The van der Waals surface area contributed by atoms with E-state index in [0.717, 1.165) is 49.6 Å². The highest BCUT2D eigenvalue weighted by Crippen LogP contribution is 2.19. The third kappa shape index (κ3) is 6.35. The molecule has 3 aromatic rings. The van der Waals surface area contributed by atoms with Gasteiger partial charge in [-0.2, -0.15) is 5.10 Å². The van der Waals surface area contributed by atoms with Crippen LogP contribution in [0.3, 0.4) is 0 Å². The minimum Gasteiger partial charge on any atom is -0.492 e. The zero-order valence-electron chi connectivity index (χ0n) is 18.7. The van der Waals surface area contributed by atoms with Crippen molar-refractivity contribution in [2.45, 2.75) is 25.4 Å². The Morgan fingerprint density at radius 2 is 2.03 bits per heavy atom. The van der Waals surface area contributed by atoms with Crippen LogP contribution < -0.4 is 10.1 Å². The molecule has 0 unspecified atom stereocenters. The molecule has 2 aromatic carbocycles.